The molecule has 0 aliphatic heterocycles. The summed E-state index contributed by atoms with van der Waals surface area (Å²) in [6.45, 7) is 3.89. The monoisotopic (exact) mass is 327 g/mol. The van der Waals surface area contributed by atoms with Crippen molar-refractivity contribution in [2.45, 2.75) is 55.7 Å². The Labute approximate surface area is 135 Å². The molecule has 0 spiro atoms. The van der Waals surface area contributed by atoms with Gasteiger partial charge < -0.3 is 5.11 Å². The van der Waals surface area contributed by atoms with E-state index in [0.717, 1.165) is 23.6 Å². The first-order chi connectivity index (χ1) is 9.89. The molecule has 0 bridgehead atoms. The first kappa shape index (κ1) is 16.7. The summed E-state index contributed by atoms with van der Waals surface area (Å²) in [5.74, 6) is 0.116. The quantitative estimate of drug-likeness (QED) is 0.759. The van der Waals surface area contributed by atoms with Crippen LogP contribution in [0.3, 0.4) is 0 Å². The minimum absolute atomic E-state index is 0.271. The Kier molecular flexibility index (Phi) is 5.58. The summed E-state index contributed by atoms with van der Waals surface area (Å²) in [7, 11) is 0. The molecule has 1 aromatic rings. The lowest BCUT2D eigenvalue weighted by Gasteiger charge is -2.29. The van der Waals surface area contributed by atoms with Crippen LogP contribution in [0.1, 0.15) is 38.7 Å². The highest BCUT2D eigenvalue weighted by molar-refractivity contribution is 7.99. The number of rotatable bonds is 8. The van der Waals surface area contributed by atoms with Crippen LogP contribution in [-0.2, 0) is 10.5 Å². The Morgan fingerprint density at radius 3 is 2.62 bits per heavy atom. The van der Waals surface area contributed by atoms with E-state index < -0.39 is 11.5 Å². The standard InChI is InChI=1S/C16H22ClNO2S/c1-11(21-10-12-3-5-13(17)6-4-12)9-16(2,15(19)20)18-14-7-8-14/h3-6,11,14,18H,7-10H2,1-2H3,(H,19,20). The molecule has 3 nitrogen and oxygen atoms in total. The predicted octanol–water partition coefficient (Wildman–Crippen LogP) is 3.95. The summed E-state index contributed by atoms with van der Waals surface area (Å²) in [6.07, 6.45) is 2.81. The van der Waals surface area contributed by atoms with Crippen LogP contribution in [-0.4, -0.2) is 27.9 Å². The zero-order valence-electron chi connectivity index (χ0n) is 12.4. The van der Waals surface area contributed by atoms with Gasteiger partial charge in [0.05, 0.1) is 0 Å². The van der Waals surface area contributed by atoms with Crippen LogP contribution in [0.5, 0.6) is 0 Å². The minimum atomic E-state index is -0.826. The first-order valence-electron chi connectivity index (χ1n) is 7.26. The molecule has 0 radical (unpaired) electrons. The van der Waals surface area contributed by atoms with Crippen LogP contribution in [0, 0.1) is 0 Å². The zero-order valence-corrected chi connectivity index (χ0v) is 14.0. The summed E-state index contributed by atoms with van der Waals surface area (Å²) in [5.41, 5.74) is 0.386. The lowest BCUT2D eigenvalue weighted by atomic mass is 9.96. The molecule has 1 saturated carbocycles. The van der Waals surface area contributed by atoms with E-state index >= 15 is 0 Å². The highest BCUT2D eigenvalue weighted by atomic mass is 35.5. The van der Waals surface area contributed by atoms with Gasteiger partial charge in [0.25, 0.3) is 0 Å². The molecule has 116 valence electrons. The number of carbonyl (C=O) groups is 1. The number of benzene rings is 1. The average Bonchev–Trinajstić information content (AvgIpc) is 3.21. The van der Waals surface area contributed by atoms with Crippen molar-refractivity contribution in [2.75, 3.05) is 0 Å². The molecule has 1 aliphatic rings. The van der Waals surface area contributed by atoms with Gasteiger partial charge >= 0.3 is 5.97 Å². The van der Waals surface area contributed by atoms with E-state index in [1.807, 2.05) is 24.3 Å². The van der Waals surface area contributed by atoms with E-state index in [1.165, 1.54) is 5.56 Å². The Balaban J connectivity index is 1.85. The van der Waals surface area contributed by atoms with E-state index in [0.29, 0.717) is 12.5 Å². The van der Waals surface area contributed by atoms with E-state index in [4.69, 9.17) is 11.6 Å². The maximum absolute atomic E-state index is 11.5. The number of carboxylic acid groups (broad SMARTS) is 1. The third kappa shape index (κ3) is 5.20. The van der Waals surface area contributed by atoms with E-state index in [2.05, 4.69) is 12.2 Å². The van der Waals surface area contributed by atoms with Gasteiger partial charge in [-0.2, -0.15) is 11.8 Å². The van der Waals surface area contributed by atoms with Gasteiger partial charge in [0.2, 0.25) is 0 Å². The molecule has 0 amide bonds. The number of hydrogen-bond acceptors (Lipinski definition) is 3. The lowest BCUT2D eigenvalue weighted by Crippen LogP contribution is -2.52. The maximum Gasteiger partial charge on any atom is 0.323 e. The van der Waals surface area contributed by atoms with Crippen LogP contribution in [0.25, 0.3) is 0 Å². The smallest absolute Gasteiger partial charge is 0.323 e. The highest BCUT2D eigenvalue weighted by Gasteiger charge is 2.39. The SMILES string of the molecule is CC(CC(C)(NC1CC1)C(=O)O)SCc1ccc(Cl)cc1. The Bertz CT molecular complexity index is 490. The fourth-order valence-electron chi connectivity index (χ4n) is 2.34. The van der Waals surface area contributed by atoms with Crippen LogP contribution < -0.4 is 5.32 Å². The van der Waals surface area contributed by atoms with Gasteiger partial charge in [-0.3, -0.25) is 10.1 Å². The second-order valence-corrected chi connectivity index (χ2v) is 7.87. The summed E-state index contributed by atoms with van der Waals surface area (Å²) in [5, 5.41) is 13.8. The van der Waals surface area contributed by atoms with Crippen molar-refractivity contribution in [3.05, 3.63) is 34.9 Å². The number of nitrogens with one attached hydrogen (secondary N) is 1. The molecule has 0 aromatic heterocycles. The van der Waals surface area contributed by atoms with Gasteiger partial charge in [0.15, 0.2) is 0 Å². The van der Waals surface area contributed by atoms with E-state index in [9.17, 15) is 9.90 Å². The highest BCUT2D eigenvalue weighted by Crippen LogP contribution is 2.29. The fraction of sp³-hybridized carbons (Fsp3) is 0.562. The Morgan fingerprint density at radius 1 is 1.48 bits per heavy atom. The van der Waals surface area contributed by atoms with Crippen LogP contribution >= 0.6 is 23.4 Å². The number of halogens is 1. The third-order valence-electron chi connectivity index (χ3n) is 3.72. The molecule has 2 unspecified atom stereocenters. The van der Waals surface area contributed by atoms with Crippen LogP contribution in [0.2, 0.25) is 5.02 Å². The van der Waals surface area contributed by atoms with Crippen LogP contribution in [0.15, 0.2) is 24.3 Å². The summed E-state index contributed by atoms with van der Waals surface area (Å²) in [4.78, 5) is 11.5. The average molecular weight is 328 g/mol. The van der Waals surface area contributed by atoms with Gasteiger partial charge in [0.1, 0.15) is 5.54 Å². The first-order valence-corrected chi connectivity index (χ1v) is 8.69. The van der Waals surface area contributed by atoms with Crippen LogP contribution in [0.4, 0.5) is 0 Å². The second kappa shape index (κ2) is 7.03. The van der Waals surface area contributed by atoms with Gasteiger partial charge in [-0.25, -0.2) is 0 Å². The summed E-state index contributed by atoms with van der Waals surface area (Å²) in [6, 6.07) is 8.19. The van der Waals surface area contributed by atoms with Crippen molar-refractivity contribution >= 4 is 29.3 Å². The Hall–Kier alpha value is -0.710. The lowest BCUT2D eigenvalue weighted by molar-refractivity contribution is -0.144. The predicted molar refractivity (Wildman–Crippen MR) is 89.0 cm³/mol. The molecular formula is C16H22ClNO2S. The van der Waals surface area contributed by atoms with Gasteiger partial charge in [-0.05, 0) is 43.9 Å². The summed E-state index contributed by atoms with van der Waals surface area (Å²) < 4.78 is 0. The molecular weight excluding hydrogens is 306 g/mol. The Morgan fingerprint density at radius 2 is 2.10 bits per heavy atom. The fourth-order valence-corrected chi connectivity index (χ4v) is 3.59. The van der Waals surface area contributed by atoms with E-state index in [-0.39, 0.29) is 5.25 Å². The van der Waals surface area contributed by atoms with Gasteiger partial charge in [-0.15, -0.1) is 0 Å². The molecule has 0 saturated heterocycles. The molecule has 21 heavy (non-hydrogen) atoms. The molecule has 5 heteroatoms. The van der Waals surface area contributed by atoms with Crippen molar-refractivity contribution in [1.29, 1.82) is 0 Å². The maximum atomic E-state index is 11.5. The molecule has 0 heterocycles. The number of carboxylic acids is 1. The largest absolute Gasteiger partial charge is 0.480 e. The molecule has 1 aromatic carbocycles. The summed E-state index contributed by atoms with van der Waals surface area (Å²) >= 11 is 7.65. The van der Waals surface area contributed by atoms with Gasteiger partial charge in [0, 0.05) is 22.1 Å². The molecule has 1 aliphatic carbocycles. The van der Waals surface area contributed by atoms with Crippen molar-refractivity contribution in [3.63, 3.8) is 0 Å². The number of aliphatic carboxylic acids is 1. The van der Waals surface area contributed by atoms with E-state index in [1.54, 1.807) is 18.7 Å². The zero-order chi connectivity index (χ0) is 15.5. The van der Waals surface area contributed by atoms with Gasteiger partial charge in [-0.1, -0.05) is 30.7 Å². The molecule has 2 rings (SSSR count). The number of thioether (sulfide) groups is 1. The second-order valence-electron chi connectivity index (χ2n) is 6.01. The van der Waals surface area contributed by atoms with Crippen molar-refractivity contribution < 1.29 is 9.90 Å². The number of hydrogen-bond donors (Lipinski definition) is 2. The van der Waals surface area contributed by atoms with Crippen molar-refractivity contribution in [3.8, 4) is 0 Å². The normalized spacial score (nSPS) is 19.0. The van der Waals surface area contributed by atoms with Crippen molar-refractivity contribution in [1.82, 2.24) is 5.32 Å². The molecule has 2 N–H and O–H groups in total. The molecule has 1 fully saturated rings. The topological polar surface area (TPSA) is 49.3 Å². The van der Waals surface area contributed by atoms with Crippen molar-refractivity contribution in [2.24, 2.45) is 0 Å². The minimum Gasteiger partial charge on any atom is -0.480 e. The third-order valence-corrected chi connectivity index (χ3v) is 5.20. The molecule has 2 atom stereocenters.